The molecule has 114 valence electrons. The van der Waals surface area contributed by atoms with Gasteiger partial charge in [0.1, 0.15) is 0 Å². The van der Waals surface area contributed by atoms with Crippen LogP contribution >= 0.6 is 35.6 Å². The minimum absolute atomic E-state index is 0. The summed E-state index contributed by atoms with van der Waals surface area (Å²) in [5.41, 5.74) is 5.67. The van der Waals surface area contributed by atoms with Gasteiger partial charge in [0.2, 0.25) is 10.0 Å². The van der Waals surface area contributed by atoms with Crippen molar-refractivity contribution < 1.29 is 8.42 Å². The van der Waals surface area contributed by atoms with E-state index in [1.807, 2.05) is 0 Å². The number of benzene rings is 1. The first kappa shape index (κ1) is 18.0. The minimum Gasteiger partial charge on any atom is -0.329 e. The predicted molar refractivity (Wildman–Crippen MR) is 84.3 cm³/mol. The second-order valence-corrected chi connectivity index (χ2v) is 7.28. The van der Waals surface area contributed by atoms with Crippen molar-refractivity contribution in [3.63, 3.8) is 0 Å². The Morgan fingerprint density at radius 3 is 2.55 bits per heavy atom. The van der Waals surface area contributed by atoms with Crippen LogP contribution in [0.25, 0.3) is 0 Å². The summed E-state index contributed by atoms with van der Waals surface area (Å²) >= 11 is 11.7. The summed E-state index contributed by atoms with van der Waals surface area (Å²) in [7, 11) is -3.55. The average molecular weight is 360 g/mol. The quantitative estimate of drug-likeness (QED) is 0.902. The van der Waals surface area contributed by atoms with Gasteiger partial charge in [0, 0.05) is 19.1 Å². The molecule has 0 spiro atoms. The molecule has 8 heteroatoms. The Labute approximate surface area is 135 Å². The van der Waals surface area contributed by atoms with Crippen molar-refractivity contribution in [3.05, 3.63) is 28.2 Å². The molecule has 1 aliphatic heterocycles. The third-order valence-electron chi connectivity index (χ3n) is 3.34. The van der Waals surface area contributed by atoms with Gasteiger partial charge in [0.05, 0.1) is 14.9 Å². The molecule has 1 saturated heterocycles. The second-order valence-electron chi connectivity index (χ2n) is 4.58. The number of rotatable bonds is 3. The van der Waals surface area contributed by atoms with Crippen LogP contribution in [0.5, 0.6) is 0 Å². The van der Waals surface area contributed by atoms with E-state index in [1.54, 1.807) is 0 Å². The van der Waals surface area contributed by atoms with Crippen LogP contribution < -0.4 is 5.73 Å². The van der Waals surface area contributed by atoms with E-state index < -0.39 is 10.0 Å². The molecule has 0 amide bonds. The number of nitrogens with zero attached hydrogens (tertiary/aromatic N) is 1. The molecular formula is C12H17Cl3N2O2S. The first-order valence-corrected chi connectivity index (χ1v) is 8.33. The number of sulfonamides is 1. The highest BCUT2D eigenvalue weighted by Crippen LogP contribution is 2.29. The number of hydrogen-bond acceptors (Lipinski definition) is 3. The summed E-state index contributed by atoms with van der Waals surface area (Å²) in [6, 6.07) is 4.24. The molecule has 0 aromatic heterocycles. The molecule has 1 unspecified atom stereocenters. The van der Waals surface area contributed by atoms with Crippen LogP contribution in [-0.4, -0.2) is 31.9 Å². The van der Waals surface area contributed by atoms with Gasteiger partial charge in [0.15, 0.2) is 0 Å². The normalized spacial score (nSPS) is 20.4. The fourth-order valence-corrected chi connectivity index (χ4v) is 4.39. The molecular weight excluding hydrogens is 343 g/mol. The lowest BCUT2D eigenvalue weighted by molar-refractivity contribution is 0.257. The molecule has 1 atom stereocenters. The Morgan fingerprint density at radius 2 is 1.95 bits per heavy atom. The van der Waals surface area contributed by atoms with Crippen LogP contribution in [0.2, 0.25) is 10.0 Å². The van der Waals surface area contributed by atoms with E-state index in [-0.39, 0.29) is 28.4 Å². The van der Waals surface area contributed by atoms with E-state index in [0.717, 1.165) is 19.3 Å². The van der Waals surface area contributed by atoms with Gasteiger partial charge in [-0.2, -0.15) is 4.31 Å². The van der Waals surface area contributed by atoms with E-state index in [4.69, 9.17) is 28.9 Å². The van der Waals surface area contributed by atoms with Gasteiger partial charge in [-0.3, -0.25) is 0 Å². The standard InChI is InChI=1S/C12H16Cl2N2O2S.ClH/c13-11-5-4-10(7-12(11)14)19(17,18)16-6-2-1-3-9(16)8-15;/h4-5,7,9H,1-3,6,8,15H2;1H. The fraction of sp³-hybridized carbons (Fsp3) is 0.500. The van der Waals surface area contributed by atoms with E-state index in [2.05, 4.69) is 0 Å². The molecule has 1 aromatic carbocycles. The van der Waals surface area contributed by atoms with E-state index in [9.17, 15) is 8.42 Å². The third kappa shape index (κ3) is 3.59. The van der Waals surface area contributed by atoms with Crippen molar-refractivity contribution in [1.82, 2.24) is 4.31 Å². The zero-order valence-corrected chi connectivity index (χ0v) is 13.9. The van der Waals surface area contributed by atoms with Gasteiger partial charge in [0.25, 0.3) is 0 Å². The molecule has 20 heavy (non-hydrogen) atoms. The highest BCUT2D eigenvalue weighted by atomic mass is 35.5. The highest BCUT2D eigenvalue weighted by molar-refractivity contribution is 7.89. The molecule has 2 rings (SSSR count). The molecule has 1 aliphatic rings. The summed E-state index contributed by atoms with van der Waals surface area (Å²) < 4.78 is 26.7. The molecule has 1 aromatic rings. The van der Waals surface area contributed by atoms with Crippen molar-refractivity contribution in [2.75, 3.05) is 13.1 Å². The topological polar surface area (TPSA) is 63.4 Å². The number of piperidine rings is 1. The monoisotopic (exact) mass is 358 g/mol. The molecule has 1 fully saturated rings. The Bertz CT molecular complexity index is 566. The maximum atomic E-state index is 12.6. The molecule has 0 aliphatic carbocycles. The molecule has 1 heterocycles. The summed E-state index contributed by atoms with van der Waals surface area (Å²) in [5, 5.41) is 0.582. The second kappa shape index (κ2) is 7.29. The minimum atomic E-state index is -3.55. The van der Waals surface area contributed by atoms with Crippen LogP contribution in [0.3, 0.4) is 0 Å². The van der Waals surface area contributed by atoms with Gasteiger partial charge in [-0.1, -0.05) is 29.6 Å². The lowest BCUT2D eigenvalue weighted by atomic mass is 10.1. The third-order valence-corrected chi connectivity index (χ3v) is 6.03. The first-order chi connectivity index (χ1) is 8.96. The number of hydrogen-bond donors (Lipinski definition) is 1. The first-order valence-electron chi connectivity index (χ1n) is 6.14. The van der Waals surface area contributed by atoms with Crippen molar-refractivity contribution in [3.8, 4) is 0 Å². The lowest BCUT2D eigenvalue weighted by Gasteiger charge is -2.33. The van der Waals surface area contributed by atoms with Crippen LogP contribution in [0.1, 0.15) is 19.3 Å². The maximum absolute atomic E-state index is 12.6. The molecule has 0 saturated carbocycles. The van der Waals surface area contributed by atoms with Crippen LogP contribution in [0.15, 0.2) is 23.1 Å². The Hall–Kier alpha value is -0.0400. The molecule has 0 bridgehead atoms. The predicted octanol–water partition coefficient (Wildman–Crippen LogP) is 2.92. The Kier molecular flexibility index (Phi) is 6.57. The summed E-state index contributed by atoms with van der Waals surface area (Å²) in [6.45, 7) is 0.838. The van der Waals surface area contributed by atoms with Crippen molar-refractivity contribution in [2.24, 2.45) is 5.73 Å². The van der Waals surface area contributed by atoms with Crippen molar-refractivity contribution in [2.45, 2.75) is 30.2 Å². The zero-order valence-electron chi connectivity index (χ0n) is 10.8. The van der Waals surface area contributed by atoms with Crippen LogP contribution in [0, 0.1) is 0 Å². The molecule has 4 nitrogen and oxygen atoms in total. The van der Waals surface area contributed by atoms with Crippen molar-refractivity contribution in [1.29, 1.82) is 0 Å². The Morgan fingerprint density at radius 1 is 1.25 bits per heavy atom. The summed E-state index contributed by atoms with van der Waals surface area (Å²) in [6.07, 6.45) is 2.67. The fourth-order valence-electron chi connectivity index (χ4n) is 2.30. The number of nitrogens with two attached hydrogens (primary N) is 1. The average Bonchev–Trinajstić information content (AvgIpc) is 2.41. The van der Waals surface area contributed by atoms with Gasteiger partial charge < -0.3 is 5.73 Å². The van der Waals surface area contributed by atoms with Gasteiger partial charge in [-0.05, 0) is 31.0 Å². The van der Waals surface area contributed by atoms with E-state index in [1.165, 1.54) is 22.5 Å². The van der Waals surface area contributed by atoms with Crippen molar-refractivity contribution >= 4 is 45.6 Å². The van der Waals surface area contributed by atoms with Crippen LogP contribution in [0.4, 0.5) is 0 Å². The molecule has 2 N–H and O–H groups in total. The van der Waals surface area contributed by atoms with Crippen LogP contribution in [-0.2, 0) is 10.0 Å². The van der Waals surface area contributed by atoms with Gasteiger partial charge in [-0.25, -0.2) is 8.42 Å². The largest absolute Gasteiger partial charge is 0.329 e. The zero-order chi connectivity index (χ0) is 14.0. The Balaban J connectivity index is 0.00000200. The maximum Gasteiger partial charge on any atom is 0.243 e. The highest BCUT2D eigenvalue weighted by Gasteiger charge is 2.32. The van der Waals surface area contributed by atoms with Gasteiger partial charge >= 0.3 is 0 Å². The summed E-state index contributed by atoms with van der Waals surface area (Å²) in [5.74, 6) is 0. The van der Waals surface area contributed by atoms with Gasteiger partial charge in [-0.15, -0.1) is 12.4 Å². The lowest BCUT2D eigenvalue weighted by Crippen LogP contribution is -2.47. The van der Waals surface area contributed by atoms with E-state index >= 15 is 0 Å². The molecule has 0 radical (unpaired) electrons. The number of halogens is 3. The van der Waals surface area contributed by atoms with E-state index in [0.29, 0.717) is 18.1 Å². The smallest absolute Gasteiger partial charge is 0.243 e. The summed E-state index contributed by atoms with van der Waals surface area (Å²) in [4.78, 5) is 0.169. The SMILES string of the molecule is Cl.NCC1CCCCN1S(=O)(=O)c1ccc(Cl)c(Cl)c1.